The van der Waals surface area contributed by atoms with E-state index in [4.69, 9.17) is 10.5 Å². The molecule has 2 aromatic rings. The third kappa shape index (κ3) is 7.97. The van der Waals surface area contributed by atoms with E-state index in [1.807, 2.05) is 30.3 Å². The van der Waals surface area contributed by atoms with E-state index in [0.29, 0.717) is 10.8 Å². The number of benzene rings is 2. The minimum Gasteiger partial charge on any atom is -0.347 e. The van der Waals surface area contributed by atoms with Gasteiger partial charge in [-0.1, -0.05) is 79.9 Å². The average molecular weight is 507 g/mol. The Morgan fingerprint density at radius 1 is 0.865 bits per heavy atom. The number of carbonyl (C=O) groups excluding carboxylic acids is 1. The molecule has 0 aliphatic carbocycles. The van der Waals surface area contributed by atoms with Gasteiger partial charge in [0.05, 0.1) is 11.6 Å². The van der Waals surface area contributed by atoms with Crippen LogP contribution in [-0.2, 0) is 4.79 Å². The summed E-state index contributed by atoms with van der Waals surface area (Å²) < 4.78 is 0. The maximum atomic E-state index is 11.0. The molecule has 6 heteroatoms. The van der Waals surface area contributed by atoms with Crippen LogP contribution in [-0.4, -0.2) is 17.4 Å². The molecule has 0 N–H and O–H groups in total. The van der Waals surface area contributed by atoms with E-state index in [9.17, 15) is 10.1 Å². The topological polar surface area (TPSA) is 91.7 Å². The van der Waals surface area contributed by atoms with Crippen molar-refractivity contribution in [1.29, 1.82) is 15.8 Å². The highest BCUT2D eigenvalue weighted by atomic mass is 32.2. The van der Waals surface area contributed by atoms with Gasteiger partial charge in [-0.3, -0.25) is 4.79 Å². The van der Waals surface area contributed by atoms with Gasteiger partial charge in [-0.25, -0.2) is 0 Å². The van der Waals surface area contributed by atoms with E-state index in [0.717, 1.165) is 47.2 Å². The Balaban J connectivity index is 1.68. The van der Waals surface area contributed by atoms with Crippen LogP contribution in [0.3, 0.4) is 0 Å². The quantitative estimate of drug-likeness (QED) is 0.390. The second kappa shape index (κ2) is 14.5. The van der Waals surface area contributed by atoms with E-state index in [-0.39, 0.29) is 10.7 Å². The standard InChI is InChI=1S/C31H30N4OS/c1-24(36)37-19-9-5-3-2-4-8-17-35-18-16-27(30-10-6-7-11-31(30)35)20-28(21-32)25-12-14-26(15-13-25)29(22-33)23-34/h6-7,10-16,18,20H,2-5,8-9,17,19H2,1H3/b27-20-. The van der Waals surface area contributed by atoms with Gasteiger partial charge >= 0.3 is 0 Å². The number of fused-ring (bicyclic) bond motifs is 1. The van der Waals surface area contributed by atoms with E-state index < -0.39 is 0 Å². The molecule has 1 heterocycles. The third-order valence-electron chi connectivity index (χ3n) is 6.19. The Hall–Kier alpha value is -4.05. The summed E-state index contributed by atoms with van der Waals surface area (Å²) in [5.41, 5.74) is 3.76. The first-order valence-corrected chi connectivity index (χ1v) is 13.5. The number of allylic oxidation sites excluding steroid dienone is 3. The number of nitrogens with zero attached hydrogens (tertiary/aromatic N) is 4. The summed E-state index contributed by atoms with van der Waals surface area (Å²) in [4.78, 5) is 13.3. The minimum absolute atomic E-state index is 0.0522. The Bertz CT molecular complexity index is 1390. The van der Waals surface area contributed by atoms with Gasteiger partial charge in [0.25, 0.3) is 0 Å². The first kappa shape index (κ1) is 27.5. The summed E-state index contributed by atoms with van der Waals surface area (Å²) in [6.45, 7) is 2.56. The van der Waals surface area contributed by atoms with E-state index in [1.165, 1.54) is 37.4 Å². The molecule has 0 bridgehead atoms. The third-order valence-corrected chi connectivity index (χ3v) is 7.09. The fourth-order valence-corrected chi connectivity index (χ4v) is 4.88. The second-order valence-electron chi connectivity index (χ2n) is 8.79. The van der Waals surface area contributed by atoms with E-state index in [2.05, 4.69) is 35.4 Å². The molecule has 186 valence electrons. The number of anilines is 1. The molecule has 0 unspecified atom stereocenters. The minimum atomic E-state index is 0.0522. The van der Waals surface area contributed by atoms with Crippen LogP contribution < -0.4 is 15.3 Å². The van der Waals surface area contributed by atoms with Crippen LogP contribution in [0.15, 0.2) is 66.9 Å². The smallest absolute Gasteiger partial charge is 0.185 e. The summed E-state index contributed by atoms with van der Waals surface area (Å²) in [6, 6.07) is 21.3. The van der Waals surface area contributed by atoms with Gasteiger partial charge in [-0.15, -0.1) is 0 Å². The monoisotopic (exact) mass is 506 g/mol. The highest BCUT2D eigenvalue weighted by Gasteiger charge is 2.16. The number of rotatable bonds is 10. The van der Waals surface area contributed by atoms with Crippen molar-refractivity contribution in [3.63, 3.8) is 0 Å². The Morgan fingerprint density at radius 2 is 1.51 bits per heavy atom. The number of para-hydroxylation sites is 1. The van der Waals surface area contributed by atoms with E-state index >= 15 is 0 Å². The largest absolute Gasteiger partial charge is 0.347 e. The van der Waals surface area contributed by atoms with E-state index in [1.54, 1.807) is 31.2 Å². The summed E-state index contributed by atoms with van der Waals surface area (Å²) in [5, 5.41) is 29.5. The number of thioether (sulfide) groups is 1. The summed E-state index contributed by atoms with van der Waals surface area (Å²) in [5.74, 6) is 0.929. The van der Waals surface area contributed by atoms with Crippen molar-refractivity contribution in [2.75, 3.05) is 17.2 Å². The predicted octanol–water partition coefficient (Wildman–Crippen LogP) is 5.60. The van der Waals surface area contributed by atoms with Crippen LogP contribution in [0, 0.1) is 34.0 Å². The SMILES string of the molecule is CC(=O)SCCCCCCCCN1C=C/C(=C/C(C#N)=c2ccc(=C(C#N)C#N)cc2)c2ccccc21. The lowest BCUT2D eigenvalue weighted by atomic mass is 9.97. The van der Waals surface area contributed by atoms with Gasteiger partial charge < -0.3 is 4.90 Å². The Kier molecular flexibility index (Phi) is 10.8. The van der Waals surface area contributed by atoms with Crippen molar-refractivity contribution in [3.05, 3.63) is 82.9 Å². The average Bonchev–Trinajstić information content (AvgIpc) is 2.92. The number of hydrogen-bond donors (Lipinski definition) is 0. The molecule has 0 saturated carbocycles. The van der Waals surface area contributed by atoms with Crippen LogP contribution in [0.4, 0.5) is 5.69 Å². The number of nitriles is 3. The highest BCUT2D eigenvalue weighted by molar-refractivity contribution is 8.13. The fourth-order valence-electron chi connectivity index (χ4n) is 4.24. The van der Waals surface area contributed by atoms with Gasteiger partial charge in [-0.2, -0.15) is 15.8 Å². The molecule has 0 radical (unpaired) electrons. The number of unbranched alkanes of at least 4 members (excludes halogenated alkanes) is 5. The Labute approximate surface area is 223 Å². The van der Waals surface area contributed by atoms with Crippen LogP contribution in [0.5, 0.6) is 0 Å². The van der Waals surface area contributed by atoms with Gasteiger partial charge in [0.15, 0.2) is 5.12 Å². The predicted molar refractivity (Wildman–Crippen MR) is 151 cm³/mol. The fraction of sp³-hybridized carbons (Fsp3) is 0.290. The molecular formula is C31H30N4OS. The molecule has 1 aliphatic heterocycles. The summed E-state index contributed by atoms with van der Waals surface area (Å²) in [7, 11) is 0. The molecule has 0 fully saturated rings. The van der Waals surface area contributed by atoms with Gasteiger partial charge in [-0.05, 0) is 41.9 Å². The lowest BCUT2D eigenvalue weighted by Gasteiger charge is -2.27. The number of carbonyl (C=O) groups is 1. The molecule has 2 aromatic carbocycles. The van der Waals surface area contributed by atoms with Crippen molar-refractivity contribution in [3.8, 4) is 18.2 Å². The molecule has 3 rings (SSSR count). The number of hydrogen-bond acceptors (Lipinski definition) is 6. The molecular weight excluding hydrogens is 476 g/mol. The van der Waals surface area contributed by atoms with Crippen LogP contribution in [0.1, 0.15) is 51.0 Å². The zero-order valence-electron chi connectivity index (χ0n) is 21.1. The van der Waals surface area contributed by atoms with Crippen LogP contribution >= 0.6 is 11.8 Å². The molecule has 0 amide bonds. The zero-order valence-corrected chi connectivity index (χ0v) is 21.9. The molecule has 1 aliphatic rings. The van der Waals surface area contributed by atoms with Crippen molar-refractivity contribution >= 4 is 39.3 Å². The van der Waals surface area contributed by atoms with Crippen LogP contribution in [0.25, 0.3) is 16.7 Å². The van der Waals surface area contributed by atoms with Gasteiger partial charge in [0, 0.05) is 41.9 Å². The molecule has 0 aromatic heterocycles. The van der Waals surface area contributed by atoms with Crippen LogP contribution in [0.2, 0.25) is 0 Å². The second-order valence-corrected chi connectivity index (χ2v) is 10.1. The maximum Gasteiger partial charge on any atom is 0.185 e. The first-order valence-electron chi connectivity index (χ1n) is 12.5. The normalized spacial score (nSPS) is 12.8. The van der Waals surface area contributed by atoms with Crippen molar-refractivity contribution in [1.82, 2.24) is 0 Å². The van der Waals surface area contributed by atoms with Crippen molar-refractivity contribution < 1.29 is 4.79 Å². The Morgan fingerprint density at radius 3 is 2.19 bits per heavy atom. The zero-order chi connectivity index (χ0) is 26.5. The molecule has 37 heavy (non-hydrogen) atoms. The molecule has 5 nitrogen and oxygen atoms in total. The van der Waals surface area contributed by atoms with Gasteiger partial charge in [0.2, 0.25) is 0 Å². The lowest BCUT2D eigenvalue weighted by molar-refractivity contribution is -0.109. The first-order chi connectivity index (χ1) is 18.1. The van der Waals surface area contributed by atoms with Crippen molar-refractivity contribution in [2.24, 2.45) is 0 Å². The molecule has 0 saturated heterocycles. The summed E-state index contributed by atoms with van der Waals surface area (Å²) in [6.07, 6.45) is 13.0. The highest BCUT2D eigenvalue weighted by Crippen LogP contribution is 2.33. The summed E-state index contributed by atoms with van der Waals surface area (Å²) >= 11 is 1.42. The maximum absolute atomic E-state index is 11.0. The molecule has 0 spiro atoms. The van der Waals surface area contributed by atoms with Gasteiger partial charge in [0.1, 0.15) is 17.7 Å². The van der Waals surface area contributed by atoms with Crippen molar-refractivity contribution in [2.45, 2.75) is 45.4 Å². The molecule has 0 atom stereocenters. The lowest BCUT2D eigenvalue weighted by Crippen LogP contribution is -2.21.